The summed E-state index contributed by atoms with van der Waals surface area (Å²) in [7, 11) is 0. The first kappa shape index (κ1) is 14.5. The molecule has 1 saturated carbocycles. The summed E-state index contributed by atoms with van der Waals surface area (Å²) in [5.41, 5.74) is 5.21. The molecular weight excluding hydrogens is 236 g/mol. The predicted octanol–water partition coefficient (Wildman–Crippen LogP) is 0.113. The maximum atomic E-state index is 12.0. The van der Waals surface area contributed by atoms with Crippen molar-refractivity contribution in [1.29, 1.82) is 0 Å². The number of rotatable bonds is 5. The average Bonchev–Trinajstić information content (AvgIpc) is 2.73. The molecule has 3 unspecified atom stereocenters. The third-order valence-corrected chi connectivity index (χ3v) is 3.44. The molecule has 0 heterocycles. The smallest absolute Gasteiger partial charge is 0.307 e. The summed E-state index contributed by atoms with van der Waals surface area (Å²) in [5.74, 6) is -3.24. The van der Waals surface area contributed by atoms with Crippen molar-refractivity contribution in [2.75, 3.05) is 0 Å². The van der Waals surface area contributed by atoms with E-state index in [0.717, 1.165) is 6.42 Å². The third kappa shape index (κ3) is 3.21. The van der Waals surface area contributed by atoms with Gasteiger partial charge < -0.3 is 16.2 Å². The lowest BCUT2D eigenvalue weighted by atomic mass is 9.94. The second-order valence-electron chi connectivity index (χ2n) is 5.11. The van der Waals surface area contributed by atoms with Crippen LogP contribution in [0.2, 0.25) is 0 Å². The molecule has 0 saturated heterocycles. The molecule has 0 aromatic rings. The van der Waals surface area contributed by atoms with E-state index in [4.69, 9.17) is 10.8 Å². The zero-order valence-corrected chi connectivity index (χ0v) is 10.7. The lowest BCUT2D eigenvalue weighted by molar-refractivity contribution is -0.146. The first-order chi connectivity index (χ1) is 8.34. The Kier molecular flexibility index (Phi) is 4.69. The van der Waals surface area contributed by atoms with Crippen molar-refractivity contribution >= 4 is 17.8 Å². The lowest BCUT2D eigenvalue weighted by Crippen LogP contribution is -2.50. The predicted molar refractivity (Wildman–Crippen MR) is 64.4 cm³/mol. The normalized spacial score (nSPS) is 24.8. The van der Waals surface area contributed by atoms with Crippen LogP contribution in [0.5, 0.6) is 0 Å². The number of hydrogen-bond donors (Lipinski definition) is 3. The second-order valence-corrected chi connectivity index (χ2v) is 5.11. The maximum Gasteiger partial charge on any atom is 0.307 e. The number of amides is 2. The molecule has 18 heavy (non-hydrogen) atoms. The minimum Gasteiger partial charge on any atom is -0.481 e. The summed E-state index contributed by atoms with van der Waals surface area (Å²) in [4.78, 5) is 34.2. The van der Waals surface area contributed by atoms with Crippen molar-refractivity contribution in [1.82, 2.24) is 5.32 Å². The Balaban J connectivity index is 2.69. The molecule has 0 aliphatic heterocycles. The molecule has 1 rings (SSSR count). The molecule has 1 aliphatic carbocycles. The Morgan fingerprint density at radius 3 is 2.22 bits per heavy atom. The van der Waals surface area contributed by atoms with Crippen LogP contribution in [0.15, 0.2) is 0 Å². The van der Waals surface area contributed by atoms with Gasteiger partial charge in [-0.15, -0.1) is 0 Å². The zero-order valence-electron chi connectivity index (χ0n) is 10.7. The largest absolute Gasteiger partial charge is 0.481 e. The van der Waals surface area contributed by atoms with Gasteiger partial charge in [-0.1, -0.05) is 20.3 Å². The molecule has 4 N–H and O–H groups in total. The Morgan fingerprint density at radius 2 is 1.78 bits per heavy atom. The van der Waals surface area contributed by atoms with Crippen LogP contribution in [-0.4, -0.2) is 28.9 Å². The molecule has 1 aliphatic rings. The van der Waals surface area contributed by atoms with E-state index >= 15 is 0 Å². The van der Waals surface area contributed by atoms with Gasteiger partial charge in [0.15, 0.2) is 0 Å². The van der Waals surface area contributed by atoms with Gasteiger partial charge in [0.1, 0.15) is 6.04 Å². The van der Waals surface area contributed by atoms with Gasteiger partial charge in [-0.3, -0.25) is 14.4 Å². The summed E-state index contributed by atoms with van der Waals surface area (Å²) >= 11 is 0. The Hall–Kier alpha value is -1.59. The van der Waals surface area contributed by atoms with Crippen molar-refractivity contribution in [2.24, 2.45) is 23.5 Å². The molecule has 2 amide bonds. The van der Waals surface area contributed by atoms with Gasteiger partial charge in [-0.2, -0.15) is 0 Å². The third-order valence-electron chi connectivity index (χ3n) is 3.44. The van der Waals surface area contributed by atoms with E-state index in [0.29, 0.717) is 12.8 Å². The summed E-state index contributed by atoms with van der Waals surface area (Å²) < 4.78 is 0. The maximum absolute atomic E-state index is 12.0. The Labute approximate surface area is 106 Å². The van der Waals surface area contributed by atoms with E-state index in [9.17, 15) is 14.4 Å². The van der Waals surface area contributed by atoms with E-state index in [2.05, 4.69) is 5.32 Å². The van der Waals surface area contributed by atoms with Crippen molar-refractivity contribution in [3.05, 3.63) is 0 Å². The summed E-state index contributed by atoms with van der Waals surface area (Å²) in [6, 6.07) is -0.743. The van der Waals surface area contributed by atoms with Crippen LogP contribution in [0.25, 0.3) is 0 Å². The molecule has 102 valence electrons. The zero-order chi connectivity index (χ0) is 13.9. The van der Waals surface area contributed by atoms with Gasteiger partial charge in [-0.05, 0) is 18.8 Å². The fourth-order valence-electron chi connectivity index (χ4n) is 2.40. The topological polar surface area (TPSA) is 109 Å². The van der Waals surface area contributed by atoms with Crippen LogP contribution < -0.4 is 11.1 Å². The summed E-state index contributed by atoms with van der Waals surface area (Å²) in [6.07, 6.45) is 1.78. The van der Waals surface area contributed by atoms with Crippen LogP contribution in [0.1, 0.15) is 33.1 Å². The van der Waals surface area contributed by atoms with Gasteiger partial charge in [0.05, 0.1) is 11.8 Å². The van der Waals surface area contributed by atoms with E-state index in [1.807, 2.05) is 0 Å². The van der Waals surface area contributed by atoms with E-state index in [1.165, 1.54) is 0 Å². The fourth-order valence-corrected chi connectivity index (χ4v) is 2.40. The quantitative estimate of drug-likeness (QED) is 0.648. The summed E-state index contributed by atoms with van der Waals surface area (Å²) in [5, 5.41) is 11.6. The minimum absolute atomic E-state index is 0.115. The number of aliphatic carboxylic acids is 1. The average molecular weight is 256 g/mol. The van der Waals surface area contributed by atoms with Gasteiger partial charge >= 0.3 is 5.97 Å². The van der Waals surface area contributed by atoms with Crippen LogP contribution in [0.3, 0.4) is 0 Å². The number of nitrogens with one attached hydrogen (secondary N) is 1. The number of nitrogens with two attached hydrogens (primary N) is 1. The highest BCUT2D eigenvalue weighted by atomic mass is 16.4. The van der Waals surface area contributed by atoms with Crippen molar-refractivity contribution < 1.29 is 19.5 Å². The van der Waals surface area contributed by atoms with Crippen LogP contribution in [0.4, 0.5) is 0 Å². The number of hydrogen-bond acceptors (Lipinski definition) is 3. The minimum atomic E-state index is -0.951. The van der Waals surface area contributed by atoms with E-state index < -0.39 is 29.8 Å². The highest BCUT2D eigenvalue weighted by molar-refractivity contribution is 5.90. The summed E-state index contributed by atoms with van der Waals surface area (Å²) in [6.45, 7) is 3.55. The number of carboxylic acids is 1. The molecule has 3 atom stereocenters. The number of carbonyl (C=O) groups is 3. The fraction of sp³-hybridized carbons (Fsp3) is 0.750. The molecular formula is C12H20N2O4. The molecule has 0 radical (unpaired) electrons. The number of carboxylic acid groups (broad SMARTS) is 1. The van der Waals surface area contributed by atoms with Crippen molar-refractivity contribution in [2.45, 2.75) is 39.2 Å². The second kappa shape index (κ2) is 5.84. The first-order valence-corrected chi connectivity index (χ1v) is 6.17. The SMILES string of the molecule is CC(C)C(NC(=O)C1CCCC1C(=O)O)C(N)=O. The van der Waals surface area contributed by atoms with Crippen LogP contribution in [-0.2, 0) is 14.4 Å². The monoisotopic (exact) mass is 256 g/mol. The van der Waals surface area contributed by atoms with Gasteiger partial charge in [-0.25, -0.2) is 0 Å². The molecule has 0 bridgehead atoms. The van der Waals surface area contributed by atoms with E-state index in [1.54, 1.807) is 13.8 Å². The molecule has 0 aromatic carbocycles. The van der Waals surface area contributed by atoms with Crippen LogP contribution in [0, 0.1) is 17.8 Å². The first-order valence-electron chi connectivity index (χ1n) is 6.17. The lowest BCUT2D eigenvalue weighted by Gasteiger charge is -2.22. The van der Waals surface area contributed by atoms with Gasteiger partial charge in [0, 0.05) is 0 Å². The highest BCUT2D eigenvalue weighted by Gasteiger charge is 2.39. The van der Waals surface area contributed by atoms with Gasteiger partial charge in [0.25, 0.3) is 0 Å². The molecule has 1 fully saturated rings. The van der Waals surface area contributed by atoms with Crippen LogP contribution >= 0.6 is 0 Å². The molecule has 6 heteroatoms. The molecule has 0 aromatic heterocycles. The van der Waals surface area contributed by atoms with Crippen molar-refractivity contribution in [3.63, 3.8) is 0 Å². The Morgan fingerprint density at radius 1 is 1.22 bits per heavy atom. The molecule has 6 nitrogen and oxygen atoms in total. The van der Waals surface area contributed by atoms with E-state index in [-0.39, 0.29) is 11.8 Å². The Bertz CT molecular complexity index is 354. The number of carbonyl (C=O) groups excluding carboxylic acids is 2. The van der Waals surface area contributed by atoms with Crippen molar-refractivity contribution in [3.8, 4) is 0 Å². The van der Waals surface area contributed by atoms with Gasteiger partial charge in [0.2, 0.25) is 11.8 Å². The number of primary amides is 1. The molecule has 0 spiro atoms. The highest BCUT2D eigenvalue weighted by Crippen LogP contribution is 2.32. The standard InChI is InChI=1S/C12H20N2O4/c1-6(2)9(10(13)15)14-11(16)7-4-3-5-8(7)12(17)18/h6-9H,3-5H2,1-2H3,(H2,13,15)(H,14,16)(H,17,18).